The molecule has 0 aliphatic rings. The van der Waals surface area contributed by atoms with Crippen molar-refractivity contribution < 1.29 is 9.59 Å². The largest absolute Gasteiger partial charge is 0.331 e. The van der Waals surface area contributed by atoms with Gasteiger partial charge in [-0.05, 0) is 52.9 Å². The maximum absolute atomic E-state index is 12.5. The molecule has 1 aromatic heterocycles. The van der Waals surface area contributed by atoms with Gasteiger partial charge in [-0.25, -0.2) is 4.79 Å². The number of aromatic nitrogens is 1. The molecule has 0 fully saturated rings. The summed E-state index contributed by atoms with van der Waals surface area (Å²) >= 11 is 4.29. The van der Waals surface area contributed by atoms with E-state index < -0.39 is 6.04 Å². The third-order valence-corrected chi connectivity index (χ3v) is 5.49. The molecule has 33 heavy (non-hydrogen) atoms. The molecule has 3 aromatic rings. The van der Waals surface area contributed by atoms with Crippen molar-refractivity contribution in [3.8, 4) is 0 Å². The Labute approximate surface area is 199 Å². The lowest BCUT2D eigenvalue weighted by Gasteiger charge is -2.22. The van der Waals surface area contributed by atoms with Gasteiger partial charge in [0.05, 0.1) is 6.54 Å². The lowest BCUT2D eigenvalue weighted by Crippen LogP contribution is -2.33. The zero-order valence-electron chi connectivity index (χ0n) is 18.9. The van der Waals surface area contributed by atoms with E-state index in [0.717, 1.165) is 5.56 Å². The van der Waals surface area contributed by atoms with Gasteiger partial charge in [0.1, 0.15) is 0 Å². The van der Waals surface area contributed by atoms with Crippen LogP contribution >= 0.6 is 12.8 Å². The number of urea groups is 1. The highest BCUT2D eigenvalue weighted by Crippen LogP contribution is 2.24. The fourth-order valence-electron chi connectivity index (χ4n) is 3.14. The minimum Gasteiger partial charge on any atom is -0.322 e. The SMILES string of the molecule is CC(C)(C)c1ccc(NC(=O)N(S)CC(N)c2ccc(C(=O)Nc3ccncc3)cc2)cc1. The van der Waals surface area contributed by atoms with Gasteiger partial charge in [0.15, 0.2) is 0 Å². The highest BCUT2D eigenvalue weighted by Gasteiger charge is 2.17. The molecule has 0 aliphatic carbocycles. The van der Waals surface area contributed by atoms with Crippen LogP contribution in [0.4, 0.5) is 16.2 Å². The molecule has 0 aliphatic heterocycles. The van der Waals surface area contributed by atoms with Crippen molar-refractivity contribution in [2.45, 2.75) is 32.2 Å². The van der Waals surface area contributed by atoms with Crippen LogP contribution in [0.1, 0.15) is 48.3 Å². The van der Waals surface area contributed by atoms with Gasteiger partial charge in [-0.3, -0.25) is 14.1 Å². The molecular formula is C25H29N5O2S. The van der Waals surface area contributed by atoms with Crippen LogP contribution in [0.3, 0.4) is 0 Å². The first-order valence-electron chi connectivity index (χ1n) is 10.6. The Morgan fingerprint density at radius 1 is 0.939 bits per heavy atom. The Morgan fingerprint density at radius 2 is 1.52 bits per heavy atom. The third kappa shape index (κ3) is 6.81. The summed E-state index contributed by atoms with van der Waals surface area (Å²) in [6.07, 6.45) is 3.22. The van der Waals surface area contributed by atoms with Crippen LogP contribution < -0.4 is 16.4 Å². The van der Waals surface area contributed by atoms with E-state index in [4.69, 9.17) is 5.73 Å². The second-order valence-corrected chi connectivity index (χ2v) is 9.24. The van der Waals surface area contributed by atoms with Gasteiger partial charge in [-0.1, -0.05) is 57.9 Å². The zero-order valence-corrected chi connectivity index (χ0v) is 19.8. The number of thiol groups is 1. The average molecular weight is 464 g/mol. The normalized spacial score (nSPS) is 12.0. The first-order chi connectivity index (χ1) is 15.6. The Balaban J connectivity index is 1.55. The first kappa shape index (κ1) is 24.3. The molecule has 2 aromatic carbocycles. The van der Waals surface area contributed by atoms with Crippen molar-refractivity contribution in [3.63, 3.8) is 0 Å². The van der Waals surface area contributed by atoms with Crippen LogP contribution in [0.2, 0.25) is 0 Å². The molecule has 1 heterocycles. The van der Waals surface area contributed by atoms with Crippen molar-refractivity contribution in [1.82, 2.24) is 9.29 Å². The zero-order chi connectivity index (χ0) is 24.0. The fourth-order valence-corrected chi connectivity index (χ4v) is 3.36. The maximum atomic E-state index is 12.5. The summed E-state index contributed by atoms with van der Waals surface area (Å²) in [6, 6.07) is 17.3. The van der Waals surface area contributed by atoms with E-state index in [1.54, 1.807) is 48.8 Å². The maximum Gasteiger partial charge on any atom is 0.331 e. The second-order valence-electron chi connectivity index (χ2n) is 8.76. The number of hydrogen-bond donors (Lipinski definition) is 4. The molecule has 3 rings (SSSR count). The monoisotopic (exact) mass is 463 g/mol. The van der Waals surface area contributed by atoms with Crippen molar-refractivity contribution in [2.24, 2.45) is 5.73 Å². The molecule has 1 unspecified atom stereocenters. The van der Waals surface area contributed by atoms with E-state index in [2.05, 4.69) is 49.2 Å². The molecule has 0 radical (unpaired) electrons. The Bertz CT molecular complexity index is 1080. The number of nitrogens with zero attached hydrogens (tertiary/aromatic N) is 2. The number of rotatable bonds is 6. The molecule has 4 N–H and O–H groups in total. The van der Waals surface area contributed by atoms with E-state index in [-0.39, 0.29) is 23.9 Å². The molecule has 0 saturated heterocycles. The van der Waals surface area contributed by atoms with Gasteiger partial charge in [-0.15, -0.1) is 0 Å². The molecule has 1 atom stereocenters. The van der Waals surface area contributed by atoms with E-state index in [1.165, 1.54) is 9.87 Å². The number of hydrogen-bond acceptors (Lipinski definition) is 5. The van der Waals surface area contributed by atoms with Gasteiger partial charge in [-0.2, -0.15) is 0 Å². The predicted molar refractivity (Wildman–Crippen MR) is 135 cm³/mol. The van der Waals surface area contributed by atoms with Gasteiger partial charge in [0, 0.05) is 35.4 Å². The lowest BCUT2D eigenvalue weighted by atomic mass is 9.87. The van der Waals surface area contributed by atoms with Crippen LogP contribution in [-0.4, -0.2) is 27.8 Å². The van der Waals surface area contributed by atoms with Gasteiger partial charge in [0.25, 0.3) is 5.91 Å². The number of carbonyl (C=O) groups excluding carboxylic acids is 2. The summed E-state index contributed by atoms with van der Waals surface area (Å²) in [5, 5.41) is 5.63. The van der Waals surface area contributed by atoms with Gasteiger partial charge < -0.3 is 16.4 Å². The van der Waals surface area contributed by atoms with Crippen molar-refractivity contribution in [2.75, 3.05) is 17.2 Å². The number of amides is 3. The summed E-state index contributed by atoms with van der Waals surface area (Å²) in [5.74, 6) is -0.228. The van der Waals surface area contributed by atoms with E-state index >= 15 is 0 Å². The standard InChI is InChI=1S/C25H29N5O2S/c1-25(2,3)19-8-10-20(11-9-19)29-24(32)30(33)16-22(26)17-4-6-18(7-5-17)23(31)28-21-12-14-27-15-13-21/h4-15,22,33H,16,26H2,1-3H3,(H,29,32)(H,27,28,31). The summed E-state index contributed by atoms with van der Waals surface area (Å²) in [6.45, 7) is 6.60. The minimum absolute atomic E-state index is 0.0418. The molecule has 0 saturated carbocycles. The predicted octanol–water partition coefficient (Wildman–Crippen LogP) is 5.01. The topological polar surface area (TPSA) is 100 Å². The van der Waals surface area contributed by atoms with Crippen LogP contribution in [0, 0.1) is 0 Å². The Kier molecular flexibility index (Phi) is 7.73. The molecule has 7 nitrogen and oxygen atoms in total. The molecule has 0 bridgehead atoms. The van der Waals surface area contributed by atoms with Crippen LogP contribution in [0.15, 0.2) is 73.1 Å². The van der Waals surface area contributed by atoms with Crippen LogP contribution in [-0.2, 0) is 5.41 Å². The molecule has 3 amide bonds. The quantitative estimate of drug-likeness (QED) is 0.386. The summed E-state index contributed by atoms with van der Waals surface area (Å²) in [5.41, 5.74) is 10.1. The van der Waals surface area contributed by atoms with E-state index in [1.807, 2.05) is 24.3 Å². The molecule has 0 spiro atoms. The van der Waals surface area contributed by atoms with E-state index in [9.17, 15) is 9.59 Å². The number of benzene rings is 2. The number of nitrogens with two attached hydrogens (primary N) is 1. The Hall–Kier alpha value is -3.36. The van der Waals surface area contributed by atoms with Gasteiger partial charge in [0.2, 0.25) is 0 Å². The van der Waals surface area contributed by atoms with Gasteiger partial charge >= 0.3 is 6.03 Å². The number of pyridine rings is 1. The third-order valence-electron chi connectivity index (χ3n) is 5.15. The smallest absolute Gasteiger partial charge is 0.322 e. The number of anilines is 2. The van der Waals surface area contributed by atoms with Crippen molar-refractivity contribution >= 4 is 36.1 Å². The fraction of sp³-hybridized carbons (Fsp3) is 0.240. The van der Waals surface area contributed by atoms with E-state index in [0.29, 0.717) is 16.9 Å². The lowest BCUT2D eigenvalue weighted by molar-refractivity contribution is 0.102. The minimum atomic E-state index is -0.464. The summed E-state index contributed by atoms with van der Waals surface area (Å²) in [4.78, 5) is 28.8. The van der Waals surface area contributed by atoms with Crippen LogP contribution in [0.5, 0.6) is 0 Å². The highest BCUT2D eigenvalue weighted by molar-refractivity contribution is 7.78. The van der Waals surface area contributed by atoms with Crippen LogP contribution in [0.25, 0.3) is 0 Å². The second kappa shape index (κ2) is 10.5. The molecule has 172 valence electrons. The summed E-state index contributed by atoms with van der Waals surface area (Å²) < 4.78 is 1.24. The first-order valence-corrected chi connectivity index (χ1v) is 11.0. The average Bonchev–Trinajstić information content (AvgIpc) is 2.79. The molecular weight excluding hydrogens is 434 g/mol. The highest BCUT2D eigenvalue weighted by atomic mass is 32.1. The Morgan fingerprint density at radius 3 is 2.09 bits per heavy atom. The van der Waals surface area contributed by atoms with Crippen molar-refractivity contribution in [3.05, 3.63) is 89.7 Å². The summed E-state index contributed by atoms with van der Waals surface area (Å²) in [7, 11) is 0. The number of carbonyl (C=O) groups is 2. The van der Waals surface area contributed by atoms with Crippen molar-refractivity contribution in [1.29, 1.82) is 0 Å². The molecule has 8 heteroatoms. The number of nitrogens with one attached hydrogen (secondary N) is 2.